The molecule has 1 N–H and O–H groups in total. The zero-order chi connectivity index (χ0) is 13.2. The van der Waals surface area contributed by atoms with Gasteiger partial charge in [0, 0.05) is 25.5 Å². The van der Waals surface area contributed by atoms with Crippen LogP contribution in [0.15, 0.2) is 0 Å². The Hall–Kier alpha value is -1.14. The van der Waals surface area contributed by atoms with E-state index in [0.717, 1.165) is 12.8 Å². The molecule has 1 saturated carbocycles. The molecule has 1 aliphatic heterocycles. The Morgan fingerprint density at radius 1 is 1.50 bits per heavy atom. The summed E-state index contributed by atoms with van der Waals surface area (Å²) in [6, 6.07) is -0.843. The van der Waals surface area contributed by atoms with Crippen molar-refractivity contribution >= 4 is 11.9 Å². The van der Waals surface area contributed by atoms with Crippen LogP contribution in [-0.4, -0.2) is 61.4 Å². The molecule has 0 spiro atoms. The number of methoxy groups -OCH3 is 1. The summed E-state index contributed by atoms with van der Waals surface area (Å²) in [6.07, 6.45) is 2.34. The molecule has 2 aliphatic rings. The minimum atomic E-state index is -1.00. The zero-order valence-corrected chi connectivity index (χ0v) is 10.6. The van der Waals surface area contributed by atoms with Crippen LogP contribution in [-0.2, 0) is 19.1 Å². The Kier molecular flexibility index (Phi) is 3.87. The molecular weight excluding hydrogens is 238 g/mol. The highest BCUT2D eigenvalue weighted by Crippen LogP contribution is 2.49. The fourth-order valence-electron chi connectivity index (χ4n) is 2.38. The lowest BCUT2D eigenvalue weighted by atomic mass is 10.0. The molecular formula is C12H19NO5. The molecule has 1 unspecified atom stereocenters. The molecule has 0 aromatic carbocycles. The summed E-state index contributed by atoms with van der Waals surface area (Å²) in [5, 5.41) is 9.08. The largest absolute Gasteiger partial charge is 0.480 e. The molecule has 0 radical (unpaired) electrons. The molecule has 1 aliphatic carbocycles. The molecule has 0 aromatic rings. The highest BCUT2D eigenvalue weighted by atomic mass is 16.5. The van der Waals surface area contributed by atoms with Crippen molar-refractivity contribution in [2.75, 3.05) is 33.5 Å². The van der Waals surface area contributed by atoms with Gasteiger partial charge in [-0.15, -0.1) is 0 Å². The molecule has 1 saturated heterocycles. The number of hydrogen-bond donors (Lipinski definition) is 1. The smallest absolute Gasteiger partial charge is 0.328 e. The van der Waals surface area contributed by atoms with Gasteiger partial charge in [-0.2, -0.15) is 0 Å². The first-order chi connectivity index (χ1) is 8.58. The molecule has 2 rings (SSSR count). The van der Waals surface area contributed by atoms with Gasteiger partial charge >= 0.3 is 5.97 Å². The first kappa shape index (κ1) is 13.3. The second-order valence-corrected chi connectivity index (χ2v) is 5.13. The van der Waals surface area contributed by atoms with Crippen molar-refractivity contribution in [2.45, 2.75) is 25.3 Å². The van der Waals surface area contributed by atoms with Gasteiger partial charge < -0.3 is 19.5 Å². The third-order valence-corrected chi connectivity index (χ3v) is 3.67. The first-order valence-corrected chi connectivity index (χ1v) is 6.17. The van der Waals surface area contributed by atoms with Crippen LogP contribution >= 0.6 is 0 Å². The Morgan fingerprint density at radius 2 is 2.22 bits per heavy atom. The van der Waals surface area contributed by atoms with Crippen LogP contribution in [0.5, 0.6) is 0 Å². The van der Waals surface area contributed by atoms with Crippen LogP contribution in [0.1, 0.15) is 19.3 Å². The van der Waals surface area contributed by atoms with E-state index in [4.69, 9.17) is 14.6 Å². The lowest BCUT2D eigenvalue weighted by molar-refractivity contribution is -0.159. The van der Waals surface area contributed by atoms with Gasteiger partial charge in [0.15, 0.2) is 6.04 Å². The van der Waals surface area contributed by atoms with E-state index >= 15 is 0 Å². The molecule has 1 amide bonds. The molecule has 102 valence electrons. The van der Waals surface area contributed by atoms with Gasteiger partial charge in [-0.25, -0.2) is 4.79 Å². The van der Waals surface area contributed by atoms with Crippen molar-refractivity contribution in [1.82, 2.24) is 4.90 Å². The summed E-state index contributed by atoms with van der Waals surface area (Å²) < 4.78 is 10.2. The van der Waals surface area contributed by atoms with Crippen LogP contribution in [0.3, 0.4) is 0 Å². The Morgan fingerprint density at radius 3 is 2.78 bits per heavy atom. The Labute approximate surface area is 106 Å². The number of nitrogens with zero attached hydrogens (tertiary/aromatic N) is 1. The fourth-order valence-corrected chi connectivity index (χ4v) is 2.38. The maximum absolute atomic E-state index is 12.2. The topological polar surface area (TPSA) is 76.1 Å². The molecule has 18 heavy (non-hydrogen) atoms. The number of morpholine rings is 1. The maximum Gasteiger partial charge on any atom is 0.328 e. The molecule has 0 aromatic heterocycles. The minimum Gasteiger partial charge on any atom is -0.480 e. The fraction of sp³-hybridized carbons (Fsp3) is 0.833. The number of aliphatic carboxylic acids is 1. The van der Waals surface area contributed by atoms with E-state index in [1.807, 2.05) is 0 Å². The normalized spacial score (nSPS) is 25.8. The number of carboxylic acids is 1. The van der Waals surface area contributed by atoms with Crippen molar-refractivity contribution in [3.05, 3.63) is 0 Å². The van der Waals surface area contributed by atoms with Crippen molar-refractivity contribution < 1.29 is 24.2 Å². The second kappa shape index (κ2) is 5.24. The summed E-state index contributed by atoms with van der Waals surface area (Å²) in [7, 11) is 1.62. The van der Waals surface area contributed by atoms with Gasteiger partial charge in [-0.3, -0.25) is 4.79 Å². The molecule has 1 atom stereocenters. The quantitative estimate of drug-likeness (QED) is 0.756. The Balaban J connectivity index is 1.96. The number of carbonyl (C=O) groups excluding carboxylic acids is 1. The van der Waals surface area contributed by atoms with Gasteiger partial charge in [0.25, 0.3) is 0 Å². The standard InChI is InChI=1S/C12H19NO5/c1-17-8-12(2-3-12)6-10(14)13-4-5-18-7-9(13)11(15)16/h9H,2-8H2,1H3,(H,15,16). The van der Waals surface area contributed by atoms with E-state index in [0.29, 0.717) is 26.2 Å². The summed E-state index contributed by atoms with van der Waals surface area (Å²) in [5.74, 6) is -1.10. The number of carbonyl (C=O) groups is 2. The molecule has 0 bridgehead atoms. The average Bonchev–Trinajstić information content (AvgIpc) is 3.09. The van der Waals surface area contributed by atoms with Crippen molar-refractivity contribution in [3.63, 3.8) is 0 Å². The van der Waals surface area contributed by atoms with Crippen LogP contribution in [0.4, 0.5) is 0 Å². The van der Waals surface area contributed by atoms with E-state index in [1.54, 1.807) is 7.11 Å². The summed E-state index contributed by atoms with van der Waals surface area (Å²) in [5.41, 5.74) is -0.0484. The van der Waals surface area contributed by atoms with Crippen LogP contribution in [0.2, 0.25) is 0 Å². The number of carboxylic acid groups (broad SMARTS) is 1. The van der Waals surface area contributed by atoms with Crippen LogP contribution in [0, 0.1) is 5.41 Å². The van der Waals surface area contributed by atoms with E-state index in [2.05, 4.69) is 0 Å². The molecule has 6 nitrogen and oxygen atoms in total. The van der Waals surface area contributed by atoms with Crippen molar-refractivity contribution in [2.24, 2.45) is 5.41 Å². The van der Waals surface area contributed by atoms with Gasteiger partial charge in [0.2, 0.25) is 5.91 Å². The lowest BCUT2D eigenvalue weighted by Crippen LogP contribution is -2.53. The maximum atomic E-state index is 12.2. The van der Waals surface area contributed by atoms with E-state index in [9.17, 15) is 9.59 Å². The highest BCUT2D eigenvalue weighted by molar-refractivity contribution is 5.84. The Bertz CT molecular complexity index is 339. The summed E-state index contributed by atoms with van der Waals surface area (Å²) in [6.45, 7) is 1.42. The third kappa shape index (κ3) is 2.81. The predicted octanol–water partition coefficient (Wildman–Crippen LogP) is 0.115. The average molecular weight is 257 g/mol. The van der Waals surface area contributed by atoms with Gasteiger partial charge in [0.1, 0.15) is 0 Å². The molecule has 1 heterocycles. The number of amides is 1. The second-order valence-electron chi connectivity index (χ2n) is 5.13. The molecule has 2 fully saturated rings. The number of hydrogen-bond acceptors (Lipinski definition) is 4. The summed E-state index contributed by atoms with van der Waals surface area (Å²) >= 11 is 0. The van der Waals surface area contributed by atoms with E-state index in [-0.39, 0.29) is 17.9 Å². The SMILES string of the molecule is COCC1(CC(=O)N2CCOCC2C(=O)O)CC1. The van der Waals surface area contributed by atoms with Crippen LogP contribution in [0.25, 0.3) is 0 Å². The minimum absolute atomic E-state index is 0.0484. The first-order valence-electron chi connectivity index (χ1n) is 6.17. The number of ether oxygens (including phenoxy) is 2. The monoisotopic (exact) mass is 257 g/mol. The van der Waals surface area contributed by atoms with Gasteiger partial charge in [0.05, 0.1) is 19.8 Å². The van der Waals surface area contributed by atoms with Crippen LogP contribution < -0.4 is 0 Å². The van der Waals surface area contributed by atoms with E-state index in [1.165, 1.54) is 4.90 Å². The predicted molar refractivity (Wildman–Crippen MR) is 62.1 cm³/mol. The molecule has 6 heteroatoms. The van der Waals surface area contributed by atoms with Crippen molar-refractivity contribution in [3.8, 4) is 0 Å². The lowest BCUT2D eigenvalue weighted by Gasteiger charge is -2.33. The third-order valence-electron chi connectivity index (χ3n) is 3.67. The van der Waals surface area contributed by atoms with Gasteiger partial charge in [-0.1, -0.05) is 0 Å². The highest BCUT2D eigenvalue weighted by Gasteiger charge is 2.46. The van der Waals surface area contributed by atoms with E-state index < -0.39 is 12.0 Å². The summed E-state index contributed by atoms with van der Waals surface area (Å²) in [4.78, 5) is 24.7. The van der Waals surface area contributed by atoms with Crippen molar-refractivity contribution in [1.29, 1.82) is 0 Å². The zero-order valence-electron chi connectivity index (χ0n) is 10.6. The number of rotatable bonds is 5. The van der Waals surface area contributed by atoms with Gasteiger partial charge in [-0.05, 0) is 12.8 Å².